The van der Waals surface area contributed by atoms with Crippen LogP contribution in [0.15, 0.2) is 12.1 Å². The Morgan fingerprint density at radius 1 is 1.19 bits per heavy atom. The van der Waals surface area contributed by atoms with E-state index in [1.54, 1.807) is 13.0 Å². The number of carboxylic acid groups (broad SMARTS) is 1. The predicted octanol–water partition coefficient (Wildman–Crippen LogP) is 3.47. The van der Waals surface area contributed by atoms with E-state index in [1.165, 1.54) is 38.5 Å². The van der Waals surface area contributed by atoms with Crippen LogP contribution in [0.4, 0.5) is 5.82 Å². The van der Waals surface area contributed by atoms with Crippen molar-refractivity contribution < 1.29 is 9.90 Å². The van der Waals surface area contributed by atoms with Crippen LogP contribution in [0.5, 0.6) is 0 Å². The number of carboxylic acids is 1. The van der Waals surface area contributed by atoms with Gasteiger partial charge in [-0.15, -0.1) is 0 Å². The van der Waals surface area contributed by atoms with Crippen molar-refractivity contribution in [1.29, 1.82) is 0 Å². The van der Waals surface area contributed by atoms with Gasteiger partial charge in [-0.2, -0.15) is 0 Å². The van der Waals surface area contributed by atoms with Gasteiger partial charge in [0, 0.05) is 5.54 Å². The molecule has 1 aromatic heterocycles. The first-order valence-electron chi connectivity index (χ1n) is 8.02. The monoisotopic (exact) mass is 286 g/mol. The summed E-state index contributed by atoms with van der Waals surface area (Å²) < 4.78 is 0. The third-order valence-corrected chi connectivity index (χ3v) is 5.75. The molecule has 2 N–H and O–H groups in total. The quantitative estimate of drug-likeness (QED) is 0.893. The molecule has 4 aliphatic carbocycles. The standard InChI is InChI=1S/C17H22N2O2/c1-10-14(16(20)21)2-3-15(18-10)19-17-7-11-4-12(8-17)6-13(5-11)9-17/h2-3,11-13H,4-9H2,1H3,(H,18,19)(H,20,21). The first-order chi connectivity index (χ1) is 10.0. The van der Waals surface area contributed by atoms with Crippen LogP contribution in [0.3, 0.4) is 0 Å². The van der Waals surface area contributed by atoms with Crippen LogP contribution in [-0.4, -0.2) is 21.6 Å². The molecule has 4 fully saturated rings. The van der Waals surface area contributed by atoms with E-state index in [1.807, 2.05) is 6.07 Å². The van der Waals surface area contributed by atoms with Crippen molar-refractivity contribution in [3.8, 4) is 0 Å². The predicted molar refractivity (Wildman–Crippen MR) is 80.5 cm³/mol. The van der Waals surface area contributed by atoms with Crippen LogP contribution in [0.1, 0.15) is 54.6 Å². The van der Waals surface area contributed by atoms with E-state index in [9.17, 15) is 4.79 Å². The number of anilines is 1. The highest BCUT2D eigenvalue weighted by Gasteiger charge is 2.51. The Hall–Kier alpha value is -1.58. The number of aryl methyl sites for hydroxylation is 1. The molecule has 0 radical (unpaired) electrons. The number of nitrogens with zero attached hydrogens (tertiary/aromatic N) is 1. The van der Waals surface area contributed by atoms with Crippen LogP contribution in [0.25, 0.3) is 0 Å². The molecule has 4 bridgehead atoms. The Labute approximate surface area is 125 Å². The highest BCUT2D eigenvalue weighted by atomic mass is 16.4. The van der Waals surface area contributed by atoms with Gasteiger partial charge in [-0.3, -0.25) is 0 Å². The summed E-state index contributed by atoms with van der Waals surface area (Å²) in [6.07, 6.45) is 8.06. The average molecular weight is 286 g/mol. The maximum atomic E-state index is 11.1. The summed E-state index contributed by atoms with van der Waals surface area (Å²) >= 11 is 0. The van der Waals surface area contributed by atoms with Gasteiger partial charge in [0.15, 0.2) is 0 Å². The van der Waals surface area contributed by atoms with Crippen LogP contribution in [0, 0.1) is 24.7 Å². The van der Waals surface area contributed by atoms with E-state index in [0.29, 0.717) is 11.3 Å². The molecule has 1 heterocycles. The van der Waals surface area contributed by atoms with E-state index in [2.05, 4.69) is 10.3 Å². The van der Waals surface area contributed by atoms with Crippen molar-refractivity contribution in [3.05, 3.63) is 23.4 Å². The molecule has 0 aromatic carbocycles. The number of aromatic nitrogens is 1. The Morgan fingerprint density at radius 3 is 2.24 bits per heavy atom. The molecule has 1 aromatic rings. The lowest BCUT2D eigenvalue weighted by atomic mass is 9.53. The number of hydrogen-bond acceptors (Lipinski definition) is 3. The van der Waals surface area contributed by atoms with Gasteiger partial charge < -0.3 is 10.4 Å². The van der Waals surface area contributed by atoms with E-state index in [4.69, 9.17) is 5.11 Å². The molecule has 21 heavy (non-hydrogen) atoms. The molecule has 4 nitrogen and oxygen atoms in total. The Balaban J connectivity index is 1.58. The molecule has 5 rings (SSSR count). The first kappa shape index (κ1) is 13.1. The molecule has 0 unspecified atom stereocenters. The van der Waals surface area contributed by atoms with E-state index in [0.717, 1.165) is 23.6 Å². The topological polar surface area (TPSA) is 62.2 Å². The highest BCUT2D eigenvalue weighted by Crippen LogP contribution is 2.56. The summed E-state index contributed by atoms with van der Waals surface area (Å²) in [5.74, 6) is 2.62. The SMILES string of the molecule is Cc1nc(NC23CC4CC(CC(C4)C2)C3)ccc1C(=O)O. The van der Waals surface area contributed by atoms with Crippen LogP contribution >= 0.6 is 0 Å². The number of pyridine rings is 1. The second kappa shape index (κ2) is 4.46. The van der Waals surface area contributed by atoms with Crippen molar-refractivity contribution in [3.63, 3.8) is 0 Å². The van der Waals surface area contributed by atoms with Gasteiger partial charge in [0.25, 0.3) is 0 Å². The van der Waals surface area contributed by atoms with Gasteiger partial charge in [0.1, 0.15) is 5.82 Å². The number of nitrogens with one attached hydrogen (secondary N) is 1. The number of rotatable bonds is 3. The largest absolute Gasteiger partial charge is 0.478 e. The summed E-state index contributed by atoms with van der Waals surface area (Å²) in [6, 6.07) is 3.50. The van der Waals surface area contributed by atoms with Crippen LogP contribution in [-0.2, 0) is 0 Å². The minimum Gasteiger partial charge on any atom is -0.478 e. The lowest BCUT2D eigenvalue weighted by molar-refractivity contribution is 0.0105. The zero-order chi connectivity index (χ0) is 14.6. The van der Waals surface area contributed by atoms with Crippen LogP contribution < -0.4 is 5.32 Å². The van der Waals surface area contributed by atoms with Gasteiger partial charge in [-0.25, -0.2) is 9.78 Å². The van der Waals surface area contributed by atoms with Crippen molar-refractivity contribution in [2.75, 3.05) is 5.32 Å². The Bertz CT molecular complexity index is 561. The highest BCUT2D eigenvalue weighted by molar-refractivity contribution is 5.89. The van der Waals surface area contributed by atoms with Gasteiger partial charge >= 0.3 is 5.97 Å². The molecule has 112 valence electrons. The van der Waals surface area contributed by atoms with Gasteiger partial charge in [-0.05, 0) is 75.3 Å². The number of hydrogen-bond donors (Lipinski definition) is 2. The molecule has 0 saturated heterocycles. The fourth-order valence-corrected chi connectivity index (χ4v) is 5.39. The molecule has 0 atom stereocenters. The zero-order valence-electron chi connectivity index (χ0n) is 12.4. The van der Waals surface area contributed by atoms with Gasteiger partial charge in [-0.1, -0.05) is 0 Å². The van der Waals surface area contributed by atoms with Crippen molar-refractivity contribution >= 4 is 11.8 Å². The van der Waals surface area contributed by atoms with E-state index in [-0.39, 0.29) is 5.54 Å². The second-order valence-electron chi connectivity index (χ2n) is 7.46. The Kier molecular flexibility index (Phi) is 2.78. The molecule has 0 amide bonds. The van der Waals surface area contributed by atoms with E-state index >= 15 is 0 Å². The lowest BCUT2D eigenvalue weighted by Gasteiger charge is -2.57. The summed E-state index contributed by atoms with van der Waals surface area (Å²) in [5.41, 5.74) is 1.11. The fourth-order valence-electron chi connectivity index (χ4n) is 5.39. The van der Waals surface area contributed by atoms with Gasteiger partial charge in [0.2, 0.25) is 0 Å². The molecule has 0 aliphatic heterocycles. The third-order valence-electron chi connectivity index (χ3n) is 5.75. The number of carbonyl (C=O) groups is 1. The maximum Gasteiger partial charge on any atom is 0.337 e. The first-order valence-corrected chi connectivity index (χ1v) is 8.02. The number of aromatic carboxylic acids is 1. The zero-order valence-corrected chi connectivity index (χ0v) is 12.4. The van der Waals surface area contributed by atoms with E-state index < -0.39 is 5.97 Å². The molecular weight excluding hydrogens is 264 g/mol. The summed E-state index contributed by atoms with van der Waals surface area (Å²) in [6.45, 7) is 1.77. The lowest BCUT2D eigenvalue weighted by Crippen LogP contribution is -2.54. The van der Waals surface area contributed by atoms with Crippen molar-refractivity contribution in [1.82, 2.24) is 4.98 Å². The molecule has 4 aliphatic rings. The smallest absolute Gasteiger partial charge is 0.337 e. The average Bonchev–Trinajstić information content (AvgIpc) is 2.35. The third kappa shape index (κ3) is 2.21. The fraction of sp³-hybridized carbons (Fsp3) is 0.647. The van der Waals surface area contributed by atoms with Crippen molar-refractivity contribution in [2.45, 2.75) is 51.0 Å². The second-order valence-corrected chi connectivity index (χ2v) is 7.46. The molecular formula is C17H22N2O2. The summed E-state index contributed by atoms with van der Waals surface area (Å²) in [4.78, 5) is 15.6. The molecule has 4 saturated carbocycles. The minimum atomic E-state index is -0.902. The maximum absolute atomic E-state index is 11.1. The van der Waals surface area contributed by atoms with Crippen LogP contribution in [0.2, 0.25) is 0 Å². The molecule has 4 heteroatoms. The summed E-state index contributed by atoms with van der Waals surface area (Å²) in [7, 11) is 0. The van der Waals surface area contributed by atoms with Crippen molar-refractivity contribution in [2.24, 2.45) is 17.8 Å². The summed E-state index contributed by atoms with van der Waals surface area (Å²) in [5, 5.41) is 12.8. The Morgan fingerprint density at radius 2 is 1.76 bits per heavy atom. The normalized spacial score (nSPS) is 36.7. The minimum absolute atomic E-state index is 0.221. The van der Waals surface area contributed by atoms with Gasteiger partial charge in [0.05, 0.1) is 11.3 Å². The molecule has 0 spiro atoms.